The van der Waals surface area contributed by atoms with E-state index in [9.17, 15) is 9.18 Å². The number of benzene rings is 2. The minimum absolute atomic E-state index is 0.167. The lowest BCUT2D eigenvalue weighted by Crippen LogP contribution is -2.01. The summed E-state index contributed by atoms with van der Waals surface area (Å²) in [6, 6.07) is 11.6. The van der Waals surface area contributed by atoms with E-state index in [2.05, 4.69) is 4.98 Å². The Morgan fingerprint density at radius 2 is 1.95 bits per heavy atom. The molecule has 94 valence electrons. The molecule has 0 aliphatic carbocycles. The van der Waals surface area contributed by atoms with Crippen LogP contribution < -0.4 is 0 Å². The molecule has 0 bridgehead atoms. The minimum atomic E-state index is -0.401. The van der Waals surface area contributed by atoms with Gasteiger partial charge in [-0.2, -0.15) is 0 Å². The van der Waals surface area contributed by atoms with Gasteiger partial charge in [0.1, 0.15) is 5.82 Å². The maximum absolute atomic E-state index is 13.2. The van der Waals surface area contributed by atoms with Crippen molar-refractivity contribution in [1.29, 1.82) is 0 Å². The maximum Gasteiger partial charge on any atom is 0.195 e. The van der Waals surface area contributed by atoms with Gasteiger partial charge in [-0.3, -0.25) is 4.79 Å². The molecule has 3 heteroatoms. The van der Waals surface area contributed by atoms with E-state index in [0.717, 1.165) is 16.5 Å². The van der Waals surface area contributed by atoms with Gasteiger partial charge in [0.05, 0.1) is 0 Å². The zero-order chi connectivity index (χ0) is 13.4. The molecule has 0 unspecified atom stereocenters. The predicted molar refractivity (Wildman–Crippen MR) is 72.9 cm³/mol. The number of fused-ring (bicyclic) bond motifs is 1. The average molecular weight is 253 g/mol. The van der Waals surface area contributed by atoms with Crippen LogP contribution in [0.25, 0.3) is 10.9 Å². The Labute approximate surface area is 109 Å². The van der Waals surface area contributed by atoms with Crippen molar-refractivity contribution in [3.05, 3.63) is 71.2 Å². The van der Waals surface area contributed by atoms with Crippen molar-refractivity contribution < 1.29 is 9.18 Å². The molecule has 0 aliphatic rings. The third-order valence-electron chi connectivity index (χ3n) is 3.25. The van der Waals surface area contributed by atoms with Gasteiger partial charge < -0.3 is 4.98 Å². The Bertz CT molecular complexity index is 773. The van der Waals surface area contributed by atoms with Gasteiger partial charge in [-0.05, 0) is 30.7 Å². The first-order valence-electron chi connectivity index (χ1n) is 6.04. The van der Waals surface area contributed by atoms with Crippen LogP contribution in [0.3, 0.4) is 0 Å². The van der Waals surface area contributed by atoms with E-state index < -0.39 is 5.82 Å². The van der Waals surface area contributed by atoms with Crippen LogP contribution in [0, 0.1) is 12.7 Å². The van der Waals surface area contributed by atoms with Crippen LogP contribution in [0.2, 0.25) is 0 Å². The lowest BCUT2D eigenvalue weighted by atomic mass is 10.00. The van der Waals surface area contributed by atoms with Crippen molar-refractivity contribution in [1.82, 2.24) is 4.98 Å². The number of hydrogen-bond acceptors (Lipinski definition) is 1. The summed E-state index contributed by atoms with van der Waals surface area (Å²) in [5.74, 6) is -0.567. The van der Waals surface area contributed by atoms with Gasteiger partial charge in [0.25, 0.3) is 0 Å². The largest absolute Gasteiger partial charge is 0.360 e. The van der Waals surface area contributed by atoms with Crippen molar-refractivity contribution in [2.24, 2.45) is 0 Å². The summed E-state index contributed by atoms with van der Waals surface area (Å²) in [7, 11) is 0. The summed E-state index contributed by atoms with van der Waals surface area (Å²) in [5, 5.41) is 0.900. The molecule has 0 atom stereocenters. The number of rotatable bonds is 2. The van der Waals surface area contributed by atoms with Crippen molar-refractivity contribution >= 4 is 16.7 Å². The Morgan fingerprint density at radius 1 is 1.16 bits per heavy atom. The molecule has 1 heterocycles. The number of hydrogen-bond donors (Lipinski definition) is 1. The van der Waals surface area contributed by atoms with E-state index in [1.54, 1.807) is 18.3 Å². The van der Waals surface area contributed by atoms with Gasteiger partial charge in [-0.25, -0.2) is 4.39 Å². The molecule has 1 N–H and O–H groups in total. The summed E-state index contributed by atoms with van der Waals surface area (Å²) >= 11 is 0. The molecule has 0 aliphatic heterocycles. The van der Waals surface area contributed by atoms with E-state index >= 15 is 0 Å². The van der Waals surface area contributed by atoms with Crippen LogP contribution in [-0.2, 0) is 0 Å². The average Bonchev–Trinajstić information content (AvgIpc) is 2.83. The van der Waals surface area contributed by atoms with Gasteiger partial charge >= 0.3 is 0 Å². The quantitative estimate of drug-likeness (QED) is 0.691. The molecule has 1 aromatic heterocycles. The summed E-state index contributed by atoms with van der Waals surface area (Å²) in [5.41, 5.74) is 2.89. The van der Waals surface area contributed by atoms with E-state index in [-0.39, 0.29) is 5.78 Å². The number of aromatic nitrogens is 1. The molecule has 0 fully saturated rings. The molecule has 0 amide bonds. The third kappa shape index (κ3) is 1.93. The molecule has 3 rings (SSSR count). The smallest absolute Gasteiger partial charge is 0.195 e. The number of nitrogens with one attached hydrogen (secondary N) is 1. The Hall–Kier alpha value is -2.42. The lowest BCUT2D eigenvalue weighted by Gasteiger charge is -2.02. The normalized spacial score (nSPS) is 10.8. The molecule has 2 aromatic carbocycles. The topological polar surface area (TPSA) is 32.9 Å². The predicted octanol–water partition coefficient (Wildman–Crippen LogP) is 3.85. The van der Waals surface area contributed by atoms with Gasteiger partial charge in [0.2, 0.25) is 0 Å². The molecule has 0 saturated carbocycles. The van der Waals surface area contributed by atoms with Crippen LogP contribution in [0.4, 0.5) is 4.39 Å². The minimum Gasteiger partial charge on any atom is -0.360 e. The molecule has 19 heavy (non-hydrogen) atoms. The highest BCUT2D eigenvalue weighted by molar-refractivity contribution is 6.16. The highest BCUT2D eigenvalue weighted by atomic mass is 19.1. The van der Waals surface area contributed by atoms with Crippen LogP contribution in [0.5, 0.6) is 0 Å². The maximum atomic E-state index is 13.2. The van der Waals surface area contributed by atoms with Crippen LogP contribution in [0.15, 0.2) is 48.7 Å². The third-order valence-corrected chi connectivity index (χ3v) is 3.25. The lowest BCUT2D eigenvalue weighted by molar-refractivity contribution is 0.104. The number of H-pyrrole nitrogens is 1. The molecule has 3 aromatic rings. The Morgan fingerprint density at radius 3 is 2.74 bits per heavy atom. The van der Waals surface area contributed by atoms with Gasteiger partial charge in [0.15, 0.2) is 5.78 Å². The Kier molecular flexibility index (Phi) is 2.67. The number of aromatic amines is 1. The second-order valence-corrected chi connectivity index (χ2v) is 4.54. The molecular weight excluding hydrogens is 241 g/mol. The van der Waals surface area contributed by atoms with Crippen LogP contribution in [-0.4, -0.2) is 10.8 Å². The first-order valence-corrected chi connectivity index (χ1v) is 6.04. The second kappa shape index (κ2) is 4.35. The summed E-state index contributed by atoms with van der Waals surface area (Å²) in [6.07, 6.45) is 1.69. The van der Waals surface area contributed by atoms with Crippen LogP contribution >= 0.6 is 0 Å². The first kappa shape index (κ1) is 11.7. The van der Waals surface area contributed by atoms with E-state index in [1.165, 1.54) is 12.1 Å². The SMILES string of the molecule is Cc1cccc2[nH]cc(C(=O)c3cccc(F)c3)c12. The standard InChI is InChI=1S/C16H12FNO/c1-10-4-2-7-14-15(10)13(9-18-14)16(19)11-5-3-6-12(17)8-11/h2-9,18H,1H3. The highest BCUT2D eigenvalue weighted by Crippen LogP contribution is 2.24. The number of ketones is 1. The van der Waals surface area contributed by atoms with Gasteiger partial charge in [0, 0.05) is 28.2 Å². The van der Waals surface area contributed by atoms with E-state index in [1.807, 2.05) is 25.1 Å². The zero-order valence-corrected chi connectivity index (χ0v) is 10.4. The fourth-order valence-electron chi connectivity index (χ4n) is 2.33. The molecular formula is C16H12FNO. The van der Waals surface area contributed by atoms with Crippen LogP contribution in [0.1, 0.15) is 21.5 Å². The van der Waals surface area contributed by atoms with Gasteiger partial charge in [-0.15, -0.1) is 0 Å². The summed E-state index contributed by atoms with van der Waals surface area (Å²) in [4.78, 5) is 15.5. The fourth-order valence-corrected chi connectivity index (χ4v) is 2.33. The molecule has 2 nitrogen and oxygen atoms in total. The summed E-state index contributed by atoms with van der Waals surface area (Å²) < 4.78 is 13.2. The molecule has 0 saturated heterocycles. The highest BCUT2D eigenvalue weighted by Gasteiger charge is 2.15. The number of aryl methyl sites for hydroxylation is 1. The number of carbonyl (C=O) groups is 1. The first-order chi connectivity index (χ1) is 9.16. The van der Waals surface area contributed by atoms with Crippen molar-refractivity contribution in [3.63, 3.8) is 0 Å². The monoisotopic (exact) mass is 253 g/mol. The van der Waals surface area contributed by atoms with Crippen molar-refractivity contribution in [2.45, 2.75) is 6.92 Å². The molecule has 0 radical (unpaired) electrons. The number of halogens is 1. The van der Waals surface area contributed by atoms with Crippen molar-refractivity contribution in [3.8, 4) is 0 Å². The van der Waals surface area contributed by atoms with E-state index in [0.29, 0.717) is 11.1 Å². The molecule has 0 spiro atoms. The van der Waals surface area contributed by atoms with Crippen molar-refractivity contribution in [2.75, 3.05) is 0 Å². The Balaban J connectivity index is 2.17. The summed E-state index contributed by atoms with van der Waals surface area (Å²) in [6.45, 7) is 1.96. The van der Waals surface area contributed by atoms with E-state index in [4.69, 9.17) is 0 Å². The number of carbonyl (C=O) groups excluding carboxylic acids is 1. The van der Waals surface area contributed by atoms with Gasteiger partial charge in [-0.1, -0.05) is 24.3 Å². The second-order valence-electron chi connectivity index (χ2n) is 4.54. The fraction of sp³-hybridized carbons (Fsp3) is 0.0625. The zero-order valence-electron chi connectivity index (χ0n) is 10.4.